The summed E-state index contributed by atoms with van der Waals surface area (Å²) >= 11 is 3.05. The molecule has 1 N–H and O–H groups in total. The Labute approximate surface area is 129 Å². The molecule has 7 heteroatoms. The molecule has 0 radical (unpaired) electrons. The molecule has 3 rings (SSSR count). The molecule has 2 aromatic rings. The van der Waals surface area contributed by atoms with Gasteiger partial charge >= 0.3 is 5.97 Å². The fourth-order valence-corrected chi connectivity index (χ4v) is 3.85. The van der Waals surface area contributed by atoms with E-state index < -0.39 is 11.9 Å². The van der Waals surface area contributed by atoms with E-state index >= 15 is 0 Å². The zero-order valence-electron chi connectivity index (χ0n) is 11.4. The highest BCUT2D eigenvalue weighted by atomic mass is 32.1. The van der Waals surface area contributed by atoms with Crippen LogP contribution >= 0.6 is 22.7 Å². The first-order valence-corrected chi connectivity index (χ1v) is 8.33. The lowest BCUT2D eigenvalue weighted by Gasteiger charge is -2.40. The summed E-state index contributed by atoms with van der Waals surface area (Å²) in [5.41, 5.74) is 0.449. The third-order valence-corrected chi connectivity index (χ3v) is 5.63. The summed E-state index contributed by atoms with van der Waals surface area (Å²) in [4.78, 5) is 30.3. The molecule has 3 heterocycles. The summed E-state index contributed by atoms with van der Waals surface area (Å²) in [6.07, 6.45) is 0. The van der Waals surface area contributed by atoms with Gasteiger partial charge in [-0.05, 0) is 11.4 Å². The quantitative estimate of drug-likeness (QED) is 0.939. The highest BCUT2D eigenvalue weighted by Crippen LogP contribution is 2.30. The molecule has 2 aromatic heterocycles. The minimum atomic E-state index is -0.805. The molecule has 1 amide bonds. The van der Waals surface area contributed by atoms with Crippen LogP contribution in [0, 0.1) is 11.8 Å². The number of rotatable bonds is 4. The molecule has 0 bridgehead atoms. The lowest BCUT2D eigenvalue weighted by atomic mass is 9.87. The van der Waals surface area contributed by atoms with Crippen molar-refractivity contribution in [1.29, 1.82) is 0 Å². The molecule has 0 saturated carbocycles. The Kier molecular flexibility index (Phi) is 3.77. The Hall–Kier alpha value is -1.73. The predicted molar refractivity (Wildman–Crippen MR) is 81.6 cm³/mol. The number of carbonyl (C=O) groups is 2. The zero-order chi connectivity index (χ0) is 15.0. The van der Waals surface area contributed by atoms with Crippen molar-refractivity contribution in [2.75, 3.05) is 13.1 Å². The van der Waals surface area contributed by atoms with Crippen molar-refractivity contribution in [1.82, 2.24) is 9.88 Å². The predicted octanol–water partition coefficient (Wildman–Crippen LogP) is 2.66. The summed E-state index contributed by atoms with van der Waals surface area (Å²) in [5.74, 6) is -1.28. The van der Waals surface area contributed by atoms with Gasteiger partial charge in [-0.15, -0.1) is 22.7 Å². The highest BCUT2D eigenvalue weighted by molar-refractivity contribution is 7.20. The van der Waals surface area contributed by atoms with Gasteiger partial charge in [0, 0.05) is 24.4 Å². The van der Waals surface area contributed by atoms with Crippen molar-refractivity contribution in [2.24, 2.45) is 11.8 Å². The number of thiazole rings is 1. The van der Waals surface area contributed by atoms with E-state index in [1.54, 1.807) is 28.5 Å². The standard InChI is InChI=1S/C14H14N2O3S2/c1-8(14(18)19)9-5-16(6-9)13(17)10-7-21-12(15-10)11-3-2-4-20-11/h2-4,7-9H,5-6H2,1H3,(H,18,19). The first-order valence-electron chi connectivity index (χ1n) is 6.57. The minimum absolute atomic E-state index is 0.0434. The second-order valence-corrected chi connectivity index (χ2v) is 6.92. The number of likely N-dealkylation sites (tertiary alicyclic amines) is 1. The van der Waals surface area contributed by atoms with Crippen molar-refractivity contribution in [3.05, 3.63) is 28.6 Å². The Balaban J connectivity index is 1.64. The molecule has 1 unspecified atom stereocenters. The van der Waals surface area contributed by atoms with Crippen molar-refractivity contribution in [3.8, 4) is 9.88 Å². The topological polar surface area (TPSA) is 70.5 Å². The van der Waals surface area contributed by atoms with Gasteiger partial charge < -0.3 is 10.0 Å². The molecular formula is C14H14N2O3S2. The summed E-state index contributed by atoms with van der Waals surface area (Å²) in [6, 6.07) is 3.93. The van der Waals surface area contributed by atoms with E-state index in [-0.39, 0.29) is 11.8 Å². The van der Waals surface area contributed by atoms with Crippen LogP contribution in [0.1, 0.15) is 17.4 Å². The van der Waals surface area contributed by atoms with Crippen molar-refractivity contribution in [2.45, 2.75) is 6.92 Å². The zero-order valence-corrected chi connectivity index (χ0v) is 13.0. The molecule has 1 atom stereocenters. The third-order valence-electron chi connectivity index (χ3n) is 3.75. The lowest BCUT2D eigenvalue weighted by Crippen LogP contribution is -2.53. The van der Waals surface area contributed by atoms with Crippen LogP contribution in [-0.4, -0.2) is 40.0 Å². The maximum absolute atomic E-state index is 12.3. The number of carbonyl (C=O) groups excluding carboxylic acids is 1. The SMILES string of the molecule is CC(C(=O)O)C1CN(C(=O)c2csc(-c3cccs3)n2)C1. The number of hydrogen-bond acceptors (Lipinski definition) is 5. The molecule has 0 spiro atoms. The van der Waals surface area contributed by atoms with Crippen molar-refractivity contribution in [3.63, 3.8) is 0 Å². The maximum atomic E-state index is 12.3. The van der Waals surface area contributed by atoms with Crippen LogP contribution in [0.5, 0.6) is 0 Å². The Bertz CT molecular complexity index is 660. The van der Waals surface area contributed by atoms with Gasteiger partial charge in [-0.1, -0.05) is 13.0 Å². The van der Waals surface area contributed by atoms with E-state index in [0.717, 1.165) is 9.88 Å². The van der Waals surface area contributed by atoms with Crippen molar-refractivity contribution >= 4 is 34.6 Å². The first kappa shape index (κ1) is 14.2. The Morgan fingerprint density at radius 3 is 2.81 bits per heavy atom. The molecule has 5 nitrogen and oxygen atoms in total. The van der Waals surface area contributed by atoms with Crippen LogP contribution in [0.25, 0.3) is 9.88 Å². The molecule has 1 aliphatic heterocycles. The van der Waals surface area contributed by atoms with Gasteiger partial charge in [0.1, 0.15) is 10.7 Å². The minimum Gasteiger partial charge on any atom is -0.481 e. The average molecular weight is 322 g/mol. The first-order chi connectivity index (χ1) is 10.1. The third kappa shape index (κ3) is 2.71. The number of amides is 1. The van der Waals surface area contributed by atoms with Crippen LogP contribution in [0.15, 0.2) is 22.9 Å². The molecule has 1 saturated heterocycles. The number of hydrogen-bond donors (Lipinski definition) is 1. The molecule has 1 fully saturated rings. The van der Waals surface area contributed by atoms with Crippen molar-refractivity contribution < 1.29 is 14.7 Å². The van der Waals surface area contributed by atoms with Gasteiger partial charge in [0.25, 0.3) is 5.91 Å². The smallest absolute Gasteiger partial charge is 0.306 e. The second-order valence-electron chi connectivity index (χ2n) is 5.11. The van der Waals surface area contributed by atoms with Gasteiger partial charge in [-0.2, -0.15) is 0 Å². The normalized spacial score (nSPS) is 16.5. The summed E-state index contributed by atoms with van der Waals surface area (Å²) < 4.78 is 0. The van der Waals surface area contributed by atoms with Crippen LogP contribution in [0.4, 0.5) is 0 Å². The van der Waals surface area contributed by atoms with Crippen LogP contribution in [0.2, 0.25) is 0 Å². The van der Waals surface area contributed by atoms with E-state index in [1.807, 2.05) is 17.5 Å². The van der Waals surface area contributed by atoms with Gasteiger partial charge in [0.15, 0.2) is 0 Å². The molecular weight excluding hydrogens is 308 g/mol. The number of carboxylic acids is 1. The molecule has 0 aromatic carbocycles. The van der Waals surface area contributed by atoms with E-state index in [2.05, 4.69) is 4.98 Å². The monoisotopic (exact) mass is 322 g/mol. The van der Waals surface area contributed by atoms with Gasteiger partial charge in [0.2, 0.25) is 0 Å². The molecule has 110 valence electrons. The summed E-state index contributed by atoms with van der Waals surface area (Å²) in [5, 5.41) is 13.6. The highest BCUT2D eigenvalue weighted by Gasteiger charge is 2.38. The van der Waals surface area contributed by atoms with E-state index in [4.69, 9.17) is 5.11 Å². The van der Waals surface area contributed by atoms with Gasteiger partial charge in [0.05, 0.1) is 10.8 Å². The van der Waals surface area contributed by atoms with Crippen LogP contribution in [-0.2, 0) is 4.79 Å². The average Bonchev–Trinajstić information content (AvgIpc) is 3.07. The Morgan fingerprint density at radius 1 is 1.43 bits per heavy atom. The number of nitrogens with zero attached hydrogens (tertiary/aromatic N) is 2. The summed E-state index contributed by atoms with van der Waals surface area (Å²) in [6.45, 7) is 2.68. The lowest BCUT2D eigenvalue weighted by molar-refractivity contribution is -0.144. The van der Waals surface area contributed by atoms with Crippen LogP contribution < -0.4 is 0 Å². The maximum Gasteiger partial charge on any atom is 0.306 e. The van der Waals surface area contributed by atoms with E-state index in [0.29, 0.717) is 18.8 Å². The number of aromatic nitrogens is 1. The number of aliphatic carboxylic acids is 1. The van der Waals surface area contributed by atoms with Gasteiger partial charge in [-0.3, -0.25) is 9.59 Å². The van der Waals surface area contributed by atoms with Gasteiger partial charge in [-0.25, -0.2) is 4.98 Å². The van der Waals surface area contributed by atoms with Crippen LogP contribution in [0.3, 0.4) is 0 Å². The molecule has 0 aliphatic carbocycles. The number of carboxylic acid groups (broad SMARTS) is 1. The molecule has 21 heavy (non-hydrogen) atoms. The fraction of sp³-hybridized carbons (Fsp3) is 0.357. The second kappa shape index (κ2) is 5.57. The molecule has 1 aliphatic rings. The van der Waals surface area contributed by atoms with E-state index in [9.17, 15) is 9.59 Å². The summed E-state index contributed by atoms with van der Waals surface area (Å²) in [7, 11) is 0. The number of thiophene rings is 1. The largest absolute Gasteiger partial charge is 0.481 e. The Morgan fingerprint density at radius 2 is 2.19 bits per heavy atom. The van der Waals surface area contributed by atoms with E-state index in [1.165, 1.54) is 11.3 Å². The fourth-order valence-electron chi connectivity index (χ4n) is 2.24.